The van der Waals surface area contributed by atoms with Gasteiger partial charge in [-0.1, -0.05) is 39.0 Å². The van der Waals surface area contributed by atoms with Crippen LogP contribution in [0.5, 0.6) is 5.75 Å². The lowest BCUT2D eigenvalue weighted by molar-refractivity contribution is 0.182. The summed E-state index contributed by atoms with van der Waals surface area (Å²) in [6.07, 6.45) is 5.12. The molecule has 0 aliphatic carbocycles. The van der Waals surface area contributed by atoms with E-state index >= 15 is 0 Å². The number of para-hydroxylation sites is 1. The van der Waals surface area contributed by atoms with E-state index in [1.54, 1.807) is 0 Å². The number of fused-ring (bicyclic) bond motifs is 1. The Bertz CT molecular complexity index is 377. The van der Waals surface area contributed by atoms with E-state index in [-0.39, 0.29) is 0 Å². The molecular formula is C18H29NO. The highest BCUT2D eigenvalue weighted by molar-refractivity contribution is 5.37. The number of ether oxygens (including phenoxy) is 1. The second-order valence-corrected chi connectivity index (χ2v) is 6.49. The van der Waals surface area contributed by atoms with Crippen LogP contribution < -0.4 is 10.1 Å². The zero-order valence-corrected chi connectivity index (χ0v) is 13.2. The molecular weight excluding hydrogens is 246 g/mol. The van der Waals surface area contributed by atoms with Crippen molar-refractivity contribution in [2.24, 2.45) is 11.8 Å². The van der Waals surface area contributed by atoms with Crippen LogP contribution >= 0.6 is 0 Å². The minimum Gasteiger partial charge on any atom is -0.490 e. The maximum absolute atomic E-state index is 6.10. The standard InChI is InChI=1S/C18H29NO/c1-4-9-19-13-15(10-14(2)3)11-17-12-16-7-5-6-8-18(16)20-17/h5-8,14-15,17,19H,4,9-13H2,1-3H3. The summed E-state index contributed by atoms with van der Waals surface area (Å²) in [5.41, 5.74) is 1.38. The summed E-state index contributed by atoms with van der Waals surface area (Å²) in [5.74, 6) is 2.58. The summed E-state index contributed by atoms with van der Waals surface area (Å²) in [6.45, 7) is 9.11. The molecule has 20 heavy (non-hydrogen) atoms. The number of hydrogen-bond donors (Lipinski definition) is 1. The molecule has 1 heterocycles. The van der Waals surface area contributed by atoms with E-state index in [4.69, 9.17) is 4.74 Å². The molecule has 0 bridgehead atoms. The Morgan fingerprint density at radius 2 is 2.10 bits per heavy atom. The summed E-state index contributed by atoms with van der Waals surface area (Å²) in [4.78, 5) is 0. The number of rotatable bonds is 8. The van der Waals surface area contributed by atoms with Crippen molar-refractivity contribution >= 4 is 0 Å². The Hall–Kier alpha value is -1.02. The average molecular weight is 275 g/mol. The maximum atomic E-state index is 6.10. The number of hydrogen-bond acceptors (Lipinski definition) is 2. The fourth-order valence-corrected chi connectivity index (χ4v) is 3.17. The van der Waals surface area contributed by atoms with Crippen LogP contribution in [0, 0.1) is 11.8 Å². The molecule has 112 valence electrons. The van der Waals surface area contributed by atoms with E-state index in [9.17, 15) is 0 Å². The summed E-state index contributed by atoms with van der Waals surface area (Å²) in [6, 6.07) is 8.47. The zero-order valence-electron chi connectivity index (χ0n) is 13.2. The molecule has 1 aromatic rings. The van der Waals surface area contributed by atoms with Gasteiger partial charge in [0.05, 0.1) is 0 Å². The molecule has 0 saturated carbocycles. The minimum atomic E-state index is 0.375. The van der Waals surface area contributed by atoms with E-state index in [0.717, 1.165) is 37.1 Å². The van der Waals surface area contributed by atoms with Crippen LogP contribution in [0.25, 0.3) is 0 Å². The van der Waals surface area contributed by atoms with E-state index in [0.29, 0.717) is 6.10 Å². The van der Waals surface area contributed by atoms with Gasteiger partial charge in [-0.15, -0.1) is 0 Å². The van der Waals surface area contributed by atoms with E-state index in [2.05, 4.69) is 50.4 Å². The van der Waals surface area contributed by atoms with Crippen LogP contribution in [-0.2, 0) is 6.42 Å². The van der Waals surface area contributed by atoms with Crippen molar-refractivity contribution in [3.8, 4) is 5.75 Å². The van der Waals surface area contributed by atoms with Gasteiger partial charge in [0.2, 0.25) is 0 Å². The van der Waals surface area contributed by atoms with Crippen LogP contribution in [0.4, 0.5) is 0 Å². The van der Waals surface area contributed by atoms with Crippen molar-refractivity contribution < 1.29 is 4.74 Å². The smallest absolute Gasteiger partial charge is 0.123 e. The van der Waals surface area contributed by atoms with Crippen molar-refractivity contribution in [2.75, 3.05) is 13.1 Å². The number of benzene rings is 1. The Morgan fingerprint density at radius 1 is 1.30 bits per heavy atom. The van der Waals surface area contributed by atoms with Gasteiger partial charge in [-0.05, 0) is 55.8 Å². The molecule has 2 unspecified atom stereocenters. The fourth-order valence-electron chi connectivity index (χ4n) is 3.17. The highest BCUT2D eigenvalue weighted by Crippen LogP contribution is 2.31. The molecule has 1 aromatic carbocycles. The second-order valence-electron chi connectivity index (χ2n) is 6.49. The van der Waals surface area contributed by atoms with Gasteiger partial charge in [-0.3, -0.25) is 0 Å². The monoisotopic (exact) mass is 275 g/mol. The average Bonchev–Trinajstić information content (AvgIpc) is 2.80. The molecule has 2 nitrogen and oxygen atoms in total. The summed E-state index contributed by atoms with van der Waals surface area (Å²) in [7, 11) is 0. The first-order valence-corrected chi connectivity index (χ1v) is 8.14. The van der Waals surface area contributed by atoms with Gasteiger partial charge in [0, 0.05) is 6.42 Å². The lowest BCUT2D eigenvalue weighted by atomic mass is 9.90. The van der Waals surface area contributed by atoms with Crippen LogP contribution in [0.1, 0.15) is 45.6 Å². The van der Waals surface area contributed by atoms with Crippen LogP contribution in [-0.4, -0.2) is 19.2 Å². The largest absolute Gasteiger partial charge is 0.490 e. The van der Waals surface area contributed by atoms with Crippen molar-refractivity contribution in [2.45, 2.75) is 52.6 Å². The Morgan fingerprint density at radius 3 is 2.80 bits per heavy atom. The molecule has 2 heteroatoms. The molecule has 2 atom stereocenters. The molecule has 0 radical (unpaired) electrons. The molecule has 1 aliphatic heterocycles. The highest BCUT2D eigenvalue weighted by atomic mass is 16.5. The molecule has 0 saturated heterocycles. The minimum absolute atomic E-state index is 0.375. The molecule has 1 aliphatic rings. The molecule has 0 aromatic heterocycles. The van der Waals surface area contributed by atoms with Crippen molar-refractivity contribution in [3.05, 3.63) is 29.8 Å². The Balaban J connectivity index is 1.85. The first kappa shape index (κ1) is 15.4. The van der Waals surface area contributed by atoms with Gasteiger partial charge in [0.15, 0.2) is 0 Å². The maximum Gasteiger partial charge on any atom is 0.123 e. The van der Waals surface area contributed by atoms with Crippen molar-refractivity contribution in [1.29, 1.82) is 0 Å². The predicted octanol–water partition coefficient (Wildman–Crippen LogP) is 4.04. The van der Waals surface area contributed by atoms with E-state index in [1.165, 1.54) is 24.8 Å². The summed E-state index contributed by atoms with van der Waals surface area (Å²) >= 11 is 0. The molecule has 0 fully saturated rings. The van der Waals surface area contributed by atoms with Crippen LogP contribution in [0.3, 0.4) is 0 Å². The van der Waals surface area contributed by atoms with Gasteiger partial charge in [-0.2, -0.15) is 0 Å². The Kier molecular flexibility index (Phi) is 5.90. The van der Waals surface area contributed by atoms with Gasteiger partial charge < -0.3 is 10.1 Å². The second kappa shape index (κ2) is 7.68. The SMILES string of the molecule is CCCNCC(CC(C)C)CC1Cc2ccccc2O1. The zero-order chi connectivity index (χ0) is 14.4. The Labute approximate surface area is 123 Å². The van der Waals surface area contributed by atoms with E-state index in [1.807, 2.05) is 0 Å². The fraction of sp³-hybridized carbons (Fsp3) is 0.667. The van der Waals surface area contributed by atoms with Crippen molar-refractivity contribution in [3.63, 3.8) is 0 Å². The van der Waals surface area contributed by atoms with Gasteiger partial charge >= 0.3 is 0 Å². The lowest BCUT2D eigenvalue weighted by Crippen LogP contribution is -2.29. The van der Waals surface area contributed by atoms with Gasteiger partial charge in [0.25, 0.3) is 0 Å². The third kappa shape index (κ3) is 4.52. The van der Waals surface area contributed by atoms with Gasteiger partial charge in [-0.25, -0.2) is 0 Å². The predicted molar refractivity (Wildman–Crippen MR) is 85.3 cm³/mol. The van der Waals surface area contributed by atoms with E-state index < -0.39 is 0 Å². The van der Waals surface area contributed by atoms with Crippen LogP contribution in [0.2, 0.25) is 0 Å². The topological polar surface area (TPSA) is 21.3 Å². The first-order valence-electron chi connectivity index (χ1n) is 8.14. The highest BCUT2D eigenvalue weighted by Gasteiger charge is 2.25. The molecule has 1 N–H and O–H groups in total. The number of nitrogens with one attached hydrogen (secondary N) is 1. The lowest BCUT2D eigenvalue weighted by Gasteiger charge is -2.22. The molecule has 0 spiro atoms. The summed E-state index contributed by atoms with van der Waals surface area (Å²) in [5, 5.41) is 3.58. The normalized spacial score (nSPS) is 18.9. The van der Waals surface area contributed by atoms with Crippen LogP contribution in [0.15, 0.2) is 24.3 Å². The molecule has 0 amide bonds. The third-order valence-electron chi connectivity index (χ3n) is 3.97. The third-order valence-corrected chi connectivity index (χ3v) is 3.97. The summed E-state index contributed by atoms with van der Waals surface area (Å²) < 4.78 is 6.10. The molecule has 2 rings (SSSR count). The quantitative estimate of drug-likeness (QED) is 0.723. The van der Waals surface area contributed by atoms with Crippen molar-refractivity contribution in [1.82, 2.24) is 5.32 Å². The van der Waals surface area contributed by atoms with Gasteiger partial charge in [0.1, 0.15) is 11.9 Å². The first-order chi connectivity index (χ1) is 9.69.